The van der Waals surface area contributed by atoms with Crippen LogP contribution in [0.25, 0.3) is 0 Å². The molecule has 9 nitrogen and oxygen atoms in total. The predicted molar refractivity (Wildman–Crippen MR) is 99.0 cm³/mol. The molecule has 1 aliphatic heterocycles. The second kappa shape index (κ2) is 7.18. The van der Waals surface area contributed by atoms with Crippen LogP contribution in [-0.4, -0.2) is 39.3 Å². The monoisotopic (exact) mass is 444 g/mol. The highest BCUT2D eigenvalue weighted by atomic mass is 32.2. The summed E-state index contributed by atoms with van der Waals surface area (Å²) in [6, 6.07) is 8.09. The number of alkyl halides is 3. The summed E-state index contributed by atoms with van der Waals surface area (Å²) in [6.45, 7) is 0. The van der Waals surface area contributed by atoms with Crippen LogP contribution >= 0.6 is 0 Å². The molecular weight excluding hydrogens is 429 g/mol. The smallest absolute Gasteiger partial charge is 0.435 e. The second-order valence-corrected chi connectivity index (χ2v) is 7.85. The van der Waals surface area contributed by atoms with Crippen LogP contribution in [-0.2, 0) is 14.8 Å². The van der Waals surface area contributed by atoms with Crippen LogP contribution in [0.3, 0.4) is 0 Å². The van der Waals surface area contributed by atoms with Crippen molar-refractivity contribution in [2.75, 3.05) is 17.7 Å². The molecule has 0 aliphatic carbocycles. The van der Waals surface area contributed by atoms with Crippen molar-refractivity contribution in [1.29, 1.82) is 0 Å². The third kappa shape index (κ3) is 3.41. The van der Waals surface area contributed by atoms with Crippen molar-refractivity contribution in [3.8, 4) is 5.75 Å². The quantitative estimate of drug-likeness (QED) is 0.474. The maximum atomic E-state index is 14.0. The van der Waals surface area contributed by atoms with Crippen molar-refractivity contribution in [2.45, 2.75) is 16.7 Å². The second-order valence-electron chi connectivity index (χ2n) is 6.16. The number of hydrogen-bond donors (Lipinski definition) is 3. The van der Waals surface area contributed by atoms with Crippen LogP contribution in [0.2, 0.25) is 0 Å². The molecule has 0 aromatic heterocycles. The van der Waals surface area contributed by atoms with Gasteiger partial charge in [0.15, 0.2) is 0 Å². The van der Waals surface area contributed by atoms with E-state index in [0.717, 1.165) is 24.3 Å². The average Bonchev–Trinajstić information content (AvgIpc) is 2.92. The molecule has 0 bridgehead atoms. The lowest BCUT2D eigenvalue weighted by molar-refractivity contribution is -0.194. The Morgan fingerprint density at radius 2 is 1.70 bits per heavy atom. The van der Waals surface area contributed by atoms with E-state index in [9.17, 15) is 31.2 Å². The zero-order chi connectivity index (χ0) is 22.3. The Morgan fingerprint density at radius 1 is 1.10 bits per heavy atom. The van der Waals surface area contributed by atoms with Gasteiger partial charge in [-0.15, -0.1) is 0 Å². The van der Waals surface area contributed by atoms with Gasteiger partial charge in [0.05, 0.1) is 17.7 Å². The summed E-state index contributed by atoms with van der Waals surface area (Å²) in [7, 11) is -3.71. The lowest BCUT2D eigenvalue weighted by Crippen LogP contribution is -2.69. The van der Waals surface area contributed by atoms with Crippen LogP contribution in [0.5, 0.6) is 5.75 Å². The first-order valence-electron chi connectivity index (χ1n) is 8.19. The highest BCUT2D eigenvalue weighted by Gasteiger charge is 2.70. The Hall–Kier alpha value is -3.32. The summed E-state index contributed by atoms with van der Waals surface area (Å²) >= 11 is 0. The largest absolute Gasteiger partial charge is 0.495 e. The molecule has 4 N–H and O–H groups in total. The molecule has 1 saturated heterocycles. The van der Waals surface area contributed by atoms with Gasteiger partial charge in [0.25, 0.3) is 11.6 Å². The molecule has 3 amide bonds. The topological polar surface area (TPSA) is 131 Å². The maximum absolute atomic E-state index is 14.0. The van der Waals surface area contributed by atoms with E-state index in [1.54, 1.807) is 0 Å². The minimum atomic E-state index is -5.52. The van der Waals surface area contributed by atoms with Crippen molar-refractivity contribution in [1.82, 2.24) is 10.0 Å². The molecule has 2 aromatic rings. The zero-order valence-corrected chi connectivity index (χ0v) is 16.0. The van der Waals surface area contributed by atoms with E-state index in [1.807, 2.05) is 0 Å². The van der Waals surface area contributed by atoms with Gasteiger partial charge in [0.2, 0.25) is 10.0 Å². The van der Waals surface area contributed by atoms with Crippen LogP contribution in [0.1, 0.15) is 0 Å². The van der Waals surface area contributed by atoms with Gasteiger partial charge >= 0.3 is 12.2 Å². The highest BCUT2D eigenvalue weighted by molar-refractivity contribution is 7.89. The molecule has 2 aromatic carbocycles. The number of ether oxygens (including phenoxy) is 1. The normalized spacial score (nSPS) is 19.7. The number of anilines is 2. The molecular formula is C17H15F3N4O5S. The highest BCUT2D eigenvalue weighted by Crippen LogP contribution is 2.39. The molecule has 1 unspecified atom stereocenters. The fraction of sp³-hybridized carbons (Fsp3) is 0.176. The number of nitrogens with one attached hydrogen (secondary N) is 2. The minimum Gasteiger partial charge on any atom is -0.495 e. The van der Waals surface area contributed by atoms with Gasteiger partial charge in [-0.3, -0.25) is 4.79 Å². The van der Waals surface area contributed by atoms with Crippen LogP contribution in [0, 0.1) is 0 Å². The number of imide groups is 1. The van der Waals surface area contributed by atoms with Gasteiger partial charge in [-0.25, -0.2) is 18.1 Å². The minimum absolute atomic E-state index is 0.0691. The number of nitrogens with zero attached hydrogens (tertiary/aromatic N) is 1. The Balaban J connectivity index is 2.10. The molecule has 1 aliphatic rings. The van der Waals surface area contributed by atoms with Crippen LogP contribution in [0.15, 0.2) is 53.4 Å². The van der Waals surface area contributed by atoms with Crippen LogP contribution < -0.4 is 25.4 Å². The van der Waals surface area contributed by atoms with E-state index in [-0.39, 0.29) is 22.0 Å². The first-order chi connectivity index (χ1) is 13.9. The van der Waals surface area contributed by atoms with Gasteiger partial charge < -0.3 is 15.8 Å². The van der Waals surface area contributed by atoms with E-state index in [4.69, 9.17) is 10.5 Å². The number of nitrogen functional groups attached to an aromatic ring is 1. The van der Waals surface area contributed by atoms with Gasteiger partial charge in [-0.1, -0.05) is 12.1 Å². The third-order valence-corrected chi connectivity index (χ3v) is 5.72. The molecule has 30 heavy (non-hydrogen) atoms. The molecule has 0 saturated carbocycles. The fourth-order valence-electron chi connectivity index (χ4n) is 2.79. The molecule has 1 heterocycles. The Kier molecular flexibility index (Phi) is 5.12. The number of benzene rings is 2. The number of methoxy groups -OCH3 is 1. The number of urea groups is 1. The third-order valence-electron chi connectivity index (χ3n) is 4.25. The fourth-order valence-corrected chi connectivity index (χ4v) is 4.06. The molecule has 160 valence electrons. The standard InChI is InChI=1S/C17H15F3N4O5S/c1-29-13-5-3-2-4-12(13)24-14(25)16(17(18,19)20,22-15(24)26)23-30(27,28)11-8-6-10(21)7-9-11/h2-9,23H,21H2,1H3,(H,22,26). The molecule has 1 atom stereocenters. The van der Waals surface area contributed by atoms with Crippen molar-refractivity contribution in [2.24, 2.45) is 0 Å². The Morgan fingerprint density at radius 3 is 2.27 bits per heavy atom. The average molecular weight is 444 g/mol. The van der Waals surface area contributed by atoms with Gasteiger partial charge in [0.1, 0.15) is 5.75 Å². The first-order valence-corrected chi connectivity index (χ1v) is 9.67. The summed E-state index contributed by atoms with van der Waals surface area (Å²) in [6.07, 6.45) is -5.52. The van der Waals surface area contributed by atoms with Gasteiger partial charge in [-0.2, -0.15) is 17.9 Å². The molecule has 1 fully saturated rings. The Labute approximate surface area is 168 Å². The van der Waals surface area contributed by atoms with E-state index in [2.05, 4.69) is 0 Å². The van der Waals surface area contributed by atoms with Crippen molar-refractivity contribution >= 4 is 33.3 Å². The van der Waals surface area contributed by atoms with Crippen molar-refractivity contribution < 1.29 is 35.9 Å². The lowest BCUT2D eigenvalue weighted by atomic mass is 10.1. The number of para-hydroxylation sites is 2. The zero-order valence-electron chi connectivity index (χ0n) is 15.2. The summed E-state index contributed by atoms with van der Waals surface area (Å²) in [4.78, 5) is 24.8. The summed E-state index contributed by atoms with van der Waals surface area (Å²) < 4.78 is 73.4. The SMILES string of the molecule is COc1ccccc1N1C(=O)NC(NS(=O)(=O)c2ccc(N)cc2)(C(F)(F)F)C1=O. The number of sulfonamides is 1. The summed E-state index contributed by atoms with van der Waals surface area (Å²) in [5, 5.41) is 1.44. The van der Waals surface area contributed by atoms with E-state index in [1.165, 1.54) is 41.4 Å². The summed E-state index contributed by atoms with van der Waals surface area (Å²) in [5.74, 6) is -1.95. The molecule has 0 spiro atoms. The van der Waals surface area contributed by atoms with E-state index >= 15 is 0 Å². The lowest BCUT2D eigenvalue weighted by Gasteiger charge is -2.29. The molecule has 13 heteroatoms. The molecule has 3 rings (SSSR count). The maximum Gasteiger partial charge on any atom is 0.435 e. The number of halogens is 3. The van der Waals surface area contributed by atoms with Crippen LogP contribution in [0.4, 0.5) is 29.3 Å². The predicted octanol–water partition coefficient (Wildman–Crippen LogP) is 1.57. The number of carbonyl (C=O) groups is 2. The van der Waals surface area contributed by atoms with E-state index < -0.39 is 38.7 Å². The number of hydrogen-bond acceptors (Lipinski definition) is 6. The Bertz CT molecular complexity index is 1110. The summed E-state index contributed by atoms with van der Waals surface area (Å²) in [5.41, 5.74) is 1.41. The number of amides is 3. The number of nitrogens with two attached hydrogens (primary N) is 1. The van der Waals surface area contributed by atoms with Crippen molar-refractivity contribution in [3.05, 3.63) is 48.5 Å². The number of carbonyl (C=O) groups excluding carboxylic acids is 2. The molecule has 0 radical (unpaired) electrons. The van der Waals surface area contributed by atoms with Gasteiger partial charge in [0, 0.05) is 5.69 Å². The van der Waals surface area contributed by atoms with Gasteiger partial charge in [-0.05, 0) is 36.4 Å². The van der Waals surface area contributed by atoms with E-state index in [0.29, 0.717) is 0 Å². The first kappa shape index (κ1) is 21.4. The number of rotatable bonds is 5. The van der Waals surface area contributed by atoms with Crippen molar-refractivity contribution in [3.63, 3.8) is 0 Å².